The molecule has 1 rings (SSSR count). The molecular formula is C11H19NO. The van der Waals surface area contributed by atoms with E-state index in [4.69, 9.17) is 0 Å². The van der Waals surface area contributed by atoms with E-state index in [1.165, 1.54) is 13.0 Å². The molecule has 1 unspecified atom stereocenters. The largest absolute Gasteiger partial charge is 0.301 e. The summed E-state index contributed by atoms with van der Waals surface area (Å²) < 4.78 is 0. The molecule has 0 saturated carbocycles. The molecule has 0 amide bonds. The molecule has 0 radical (unpaired) electrons. The van der Waals surface area contributed by atoms with Gasteiger partial charge in [0.05, 0.1) is 0 Å². The van der Waals surface area contributed by atoms with E-state index in [9.17, 15) is 4.79 Å². The van der Waals surface area contributed by atoms with Gasteiger partial charge in [0.15, 0.2) is 0 Å². The number of carbonyl (C=O) groups is 1. The molecule has 1 aliphatic rings. The Balaban J connectivity index is 2.33. The Bertz CT molecular complexity index is 198. The molecule has 0 aliphatic carbocycles. The van der Waals surface area contributed by atoms with Crippen molar-refractivity contribution in [3.63, 3.8) is 0 Å². The van der Waals surface area contributed by atoms with Crippen molar-refractivity contribution in [1.29, 1.82) is 0 Å². The number of hydrogen-bond acceptors (Lipinski definition) is 2. The third kappa shape index (κ3) is 2.96. The first kappa shape index (κ1) is 10.5. The number of likely N-dealkylation sites (tertiary alicyclic amines) is 1. The molecule has 0 N–H and O–H groups in total. The lowest BCUT2D eigenvalue weighted by molar-refractivity contribution is -0.105. The van der Waals surface area contributed by atoms with Gasteiger partial charge in [0, 0.05) is 12.6 Å². The van der Waals surface area contributed by atoms with Gasteiger partial charge >= 0.3 is 0 Å². The summed E-state index contributed by atoms with van der Waals surface area (Å²) in [7, 11) is 0. The normalized spacial score (nSPS) is 23.8. The molecular weight excluding hydrogens is 162 g/mol. The Morgan fingerprint density at radius 3 is 2.85 bits per heavy atom. The van der Waals surface area contributed by atoms with Gasteiger partial charge in [0.1, 0.15) is 6.29 Å². The summed E-state index contributed by atoms with van der Waals surface area (Å²) >= 11 is 0. The first-order valence-corrected chi connectivity index (χ1v) is 5.00. The lowest BCUT2D eigenvalue weighted by Gasteiger charge is -2.20. The van der Waals surface area contributed by atoms with E-state index in [1.54, 1.807) is 0 Å². The number of carbonyl (C=O) groups excluding carboxylic acids is 1. The average Bonchev–Trinajstić information content (AvgIpc) is 2.52. The minimum atomic E-state index is 0.634. The van der Waals surface area contributed by atoms with Gasteiger partial charge in [-0.1, -0.05) is 6.58 Å². The summed E-state index contributed by atoms with van der Waals surface area (Å²) in [6, 6.07) is 0.634. The average molecular weight is 181 g/mol. The molecule has 0 aromatic rings. The number of nitrogens with zero attached hydrogens (tertiary/aromatic N) is 1. The van der Waals surface area contributed by atoms with Gasteiger partial charge in [-0.05, 0) is 44.7 Å². The zero-order chi connectivity index (χ0) is 9.84. The first-order chi connectivity index (χ1) is 6.13. The molecule has 0 bridgehead atoms. The maximum Gasteiger partial charge on any atom is 0.145 e. The minimum Gasteiger partial charge on any atom is -0.301 e. The molecule has 0 aromatic carbocycles. The SMILES string of the molecule is C=C(C=O)CC1CCN(C(C)C)C1. The standard InChI is InChI=1S/C11H19NO/c1-9(2)12-5-4-11(7-12)6-10(3)8-13/h8-9,11H,3-7H2,1-2H3. The predicted octanol–water partition coefficient (Wildman–Crippen LogP) is 1.86. The summed E-state index contributed by atoms with van der Waals surface area (Å²) in [5.41, 5.74) is 0.746. The fourth-order valence-corrected chi connectivity index (χ4v) is 1.92. The molecule has 74 valence electrons. The maximum absolute atomic E-state index is 10.4. The summed E-state index contributed by atoms with van der Waals surface area (Å²) in [6.45, 7) is 10.5. The molecule has 2 nitrogen and oxygen atoms in total. The van der Waals surface area contributed by atoms with Gasteiger partial charge in [0.25, 0.3) is 0 Å². The summed E-state index contributed by atoms with van der Waals surface area (Å²) in [4.78, 5) is 12.9. The van der Waals surface area contributed by atoms with Gasteiger partial charge in [-0.15, -0.1) is 0 Å². The molecule has 1 aliphatic heterocycles. The van der Waals surface area contributed by atoms with Crippen molar-refractivity contribution >= 4 is 6.29 Å². The Hall–Kier alpha value is -0.630. The van der Waals surface area contributed by atoms with Crippen molar-refractivity contribution in [3.8, 4) is 0 Å². The van der Waals surface area contributed by atoms with Crippen molar-refractivity contribution in [2.75, 3.05) is 13.1 Å². The van der Waals surface area contributed by atoms with Crippen LogP contribution in [0.1, 0.15) is 26.7 Å². The van der Waals surface area contributed by atoms with Gasteiger partial charge in [0.2, 0.25) is 0 Å². The van der Waals surface area contributed by atoms with E-state index in [1.807, 2.05) is 0 Å². The monoisotopic (exact) mass is 181 g/mol. The quantitative estimate of drug-likeness (QED) is 0.487. The summed E-state index contributed by atoms with van der Waals surface area (Å²) in [5, 5.41) is 0. The van der Waals surface area contributed by atoms with E-state index in [2.05, 4.69) is 25.3 Å². The van der Waals surface area contributed by atoms with Crippen LogP contribution in [-0.2, 0) is 4.79 Å². The molecule has 0 aromatic heterocycles. The molecule has 2 heteroatoms. The second kappa shape index (κ2) is 4.56. The van der Waals surface area contributed by atoms with Gasteiger partial charge in [-0.25, -0.2) is 0 Å². The highest BCUT2D eigenvalue weighted by Gasteiger charge is 2.24. The third-order valence-electron chi connectivity index (χ3n) is 2.77. The molecule has 1 atom stereocenters. The highest BCUT2D eigenvalue weighted by atomic mass is 16.1. The Morgan fingerprint density at radius 1 is 1.69 bits per heavy atom. The fourth-order valence-electron chi connectivity index (χ4n) is 1.92. The van der Waals surface area contributed by atoms with E-state index in [0.717, 1.165) is 24.8 Å². The van der Waals surface area contributed by atoms with Crippen molar-refractivity contribution in [3.05, 3.63) is 12.2 Å². The van der Waals surface area contributed by atoms with E-state index >= 15 is 0 Å². The number of aldehydes is 1. The number of hydrogen-bond donors (Lipinski definition) is 0. The van der Waals surface area contributed by atoms with Crippen LogP contribution in [0.3, 0.4) is 0 Å². The van der Waals surface area contributed by atoms with Crippen molar-refractivity contribution < 1.29 is 4.79 Å². The van der Waals surface area contributed by atoms with Crippen LogP contribution in [-0.4, -0.2) is 30.3 Å². The zero-order valence-electron chi connectivity index (χ0n) is 8.62. The Morgan fingerprint density at radius 2 is 2.38 bits per heavy atom. The second-order valence-electron chi connectivity index (χ2n) is 4.22. The molecule has 13 heavy (non-hydrogen) atoms. The second-order valence-corrected chi connectivity index (χ2v) is 4.22. The van der Waals surface area contributed by atoms with Crippen molar-refractivity contribution in [2.45, 2.75) is 32.7 Å². The lowest BCUT2D eigenvalue weighted by Crippen LogP contribution is -2.28. The number of rotatable bonds is 4. The molecule has 1 saturated heterocycles. The van der Waals surface area contributed by atoms with E-state index in [-0.39, 0.29) is 0 Å². The Kier molecular flexibility index (Phi) is 3.67. The molecule has 1 heterocycles. The Labute approximate surface area is 80.6 Å². The predicted molar refractivity (Wildman–Crippen MR) is 54.6 cm³/mol. The smallest absolute Gasteiger partial charge is 0.145 e. The van der Waals surface area contributed by atoms with Gasteiger partial charge in [-0.3, -0.25) is 4.79 Å². The van der Waals surface area contributed by atoms with Crippen LogP contribution in [0.15, 0.2) is 12.2 Å². The van der Waals surface area contributed by atoms with Gasteiger partial charge < -0.3 is 4.90 Å². The van der Waals surface area contributed by atoms with Crippen LogP contribution in [0.5, 0.6) is 0 Å². The summed E-state index contributed by atoms with van der Waals surface area (Å²) in [5.74, 6) is 0.653. The van der Waals surface area contributed by atoms with Crippen LogP contribution in [0.4, 0.5) is 0 Å². The van der Waals surface area contributed by atoms with Crippen LogP contribution in [0.25, 0.3) is 0 Å². The lowest BCUT2D eigenvalue weighted by atomic mass is 10.0. The van der Waals surface area contributed by atoms with E-state index in [0.29, 0.717) is 12.0 Å². The zero-order valence-corrected chi connectivity index (χ0v) is 8.62. The van der Waals surface area contributed by atoms with Gasteiger partial charge in [-0.2, -0.15) is 0 Å². The van der Waals surface area contributed by atoms with Crippen molar-refractivity contribution in [2.24, 2.45) is 5.92 Å². The first-order valence-electron chi connectivity index (χ1n) is 5.00. The highest BCUT2D eigenvalue weighted by molar-refractivity contribution is 5.71. The minimum absolute atomic E-state index is 0.634. The number of allylic oxidation sites excluding steroid dienone is 1. The molecule has 0 spiro atoms. The van der Waals surface area contributed by atoms with Crippen LogP contribution < -0.4 is 0 Å². The van der Waals surface area contributed by atoms with Crippen LogP contribution in [0.2, 0.25) is 0 Å². The maximum atomic E-state index is 10.4. The molecule has 1 fully saturated rings. The van der Waals surface area contributed by atoms with Crippen molar-refractivity contribution in [1.82, 2.24) is 4.90 Å². The fraction of sp³-hybridized carbons (Fsp3) is 0.727. The van der Waals surface area contributed by atoms with E-state index < -0.39 is 0 Å². The van der Waals surface area contributed by atoms with Crippen LogP contribution >= 0.6 is 0 Å². The highest BCUT2D eigenvalue weighted by Crippen LogP contribution is 2.23. The van der Waals surface area contributed by atoms with Crippen LogP contribution in [0, 0.1) is 5.92 Å². The topological polar surface area (TPSA) is 20.3 Å². The summed E-state index contributed by atoms with van der Waals surface area (Å²) in [6.07, 6.45) is 2.98. The third-order valence-corrected chi connectivity index (χ3v) is 2.77.